The number of rotatable bonds is 6. The van der Waals surface area contributed by atoms with Gasteiger partial charge in [-0.25, -0.2) is 13.1 Å². The minimum absolute atomic E-state index is 0.0426. The maximum atomic E-state index is 12.1. The van der Waals surface area contributed by atoms with E-state index in [0.29, 0.717) is 10.8 Å². The van der Waals surface area contributed by atoms with Gasteiger partial charge in [-0.15, -0.1) is 11.3 Å². The molecule has 0 radical (unpaired) electrons. The molecule has 0 aromatic carbocycles. The largest absolute Gasteiger partial charge is 0.301 e. The van der Waals surface area contributed by atoms with E-state index in [4.69, 9.17) is 0 Å². The van der Waals surface area contributed by atoms with Gasteiger partial charge in [0.15, 0.2) is 0 Å². The smallest absolute Gasteiger partial charge is 0.250 e. The number of nitrogens with zero attached hydrogens (tertiary/aromatic N) is 1. The summed E-state index contributed by atoms with van der Waals surface area (Å²) in [4.78, 5) is 2.01. The minimum atomic E-state index is -3.39. The average Bonchev–Trinajstić information content (AvgIpc) is 3.02. The van der Waals surface area contributed by atoms with E-state index in [2.05, 4.69) is 4.72 Å². The highest BCUT2D eigenvalue weighted by Crippen LogP contribution is 2.21. The predicted octanol–water partition coefficient (Wildman–Crippen LogP) is 2.39. The summed E-state index contributed by atoms with van der Waals surface area (Å²) in [6, 6.07) is 5.42. The maximum Gasteiger partial charge on any atom is 0.250 e. The van der Waals surface area contributed by atoms with Crippen LogP contribution in [0.3, 0.4) is 0 Å². The molecule has 0 spiro atoms. The number of hydrogen-bond acceptors (Lipinski definition) is 5. The van der Waals surface area contributed by atoms with Crippen molar-refractivity contribution in [3.8, 4) is 0 Å². The Kier molecular flexibility index (Phi) is 4.75. The van der Waals surface area contributed by atoms with Crippen molar-refractivity contribution >= 4 is 32.7 Å². The van der Waals surface area contributed by atoms with Crippen LogP contribution in [0.4, 0.5) is 0 Å². The third kappa shape index (κ3) is 3.64. The Balaban J connectivity index is 2.08. The standard InChI is InChI=1S/C12H16N2O2S3/c1-14(2)11(10-5-7-17-9-10)8-13-19(15,16)12-4-3-6-18-12/h3-7,9,11,13H,8H2,1-2H3/t11-/m1/s1. The molecular formula is C12H16N2O2S3. The Morgan fingerprint density at radius 1 is 1.32 bits per heavy atom. The van der Waals surface area contributed by atoms with E-state index in [0.717, 1.165) is 5.56 Å². The average molecular weight is 316 g/mol. The molecule has 0 saturated heterocycles. The van der Waals surface area contributed by atoms with Gasteiger partial charge >= 0.3 is 0 Å². The molecule has 0 saturated carbocycles. The monoisotopic (exact) mass is 316 g/mol. The summed E-state index contributed by atoms with van der Waals surface area (Å²) in [5.41, 5.74) is 1.13. The van der Waals surface area contributed by atoms with Gasteiger partial charge in [0.25, 0.3) is 0 Å². The number of hydrogen-bond donors (Lipinski definition) is 1. The van der Waals surface area contributed by atoms with Crippen molar-refractivity contribution in [3.05, 3.63) is 39.9 Å². The quantitative estimate of drug-likeness (QED) is 0.890. The van der Waals surface area contributed by atoms with Crippen molar-refractivity contribution in [2.24, 2.45) is 0 Å². The van der Waals surface area contributed by atoms with Crippen LogP contribution in [0.5, 0.6) is 0 Å². The van der Waals surface area contributed by atoms with Crippen LogP contribution >= 0.6 is 22.7 Å². The molecule has 0 amide bonds. The molecule has 1 N–H and O–H groups in total. The lowest BCUT2D eigenvalue weighted by Crippen LogP contribution is -2.34. The molecule has 0 aliphatic heterocycles. The van der Waals surface area contributed by atoms with Crippen molar-refractivity contribution < 1.29 is 8.42 Å². The molecule has 2 rings (SSSR count). The second-order valence-electron chi connectivity index (χ2n) is 4.32. The van der Waals surface area contributed by atoms with Crippen LogP contribution in [-0.4, -0.2) is 34.0 Å². The lowest BCUT2D eigenvalue weighted by molar-refractivity contribution is 0.300. The van der Waals surface area contributed by atoms with Crippen molar-refractivity contribution in [2.75, 3.05) is 20.6 Å². The number of sulfonamides is 1. The normalized spacial score (nSPS) is 13.8. The first-order chi connectivity index (χ1) is 9.00. The molecule has 0 aliphatic carbocycles. The molecule has 104 valence electrons. The predicted molar refractivity (Wildman–Crippen MR) is 80.3 cm³/mol. The second kappa shape index (κ2) is 6.15. The zero-order valence-corrected chi connectivity index (χ0v) is 13.2. The van der Waals surface area contributed by atoms with Gasteiger partial charge in [-0.2, -0.15) is 11.3 Å². The topological polar surface area (TPSA) is 49.4 Å². The van der Waals surface area contributed by atoms with Crippen molar-refractivity contribution in [1.29, 1.82) is 0 Å². The highest BCUT2D eigenvalue weighted by atomic mass is 32.2. The minimum Gasteiger partial charge on any atom is -0.301 e. The molecule has 2 aromatic rings. The van der Waals surface area contributed by atoms with E-state index in [1.54, 1.807) is 28.8 Å². The summed E-state index contributed by atoms with van der Waals surface area (Å²) in [6.45, 7) is 0.365. The fourth-order valence-corrected chi connectivity index (χ4v) is 4.52. The lowest BCUT2D eigenvalue weighted by Gasteiger charge is -2.23. The Bertz CT molecular complexity index is 589. The van der Waals surface area contributed by atoms with Crippen molar-refractivity contribution in [1.82, 2.24) is 9.62 Å². The van der Waals surface area contributed by atoms with E-state index in [-0.39, 0.29) is 6.04 Å². The zero-order valence-electron chi connectivity index (χ0n) is 10.7. The van der Waals surface area contributed by atoms with Gasteiger partial charge in [0.2, 0.25) is 10.0 Å². The molecular weight excluding hydrogens is 300 g/mol. The molecule has 0 bridgehead atoms. The molecule has 0 aliphatic rings. The Hall–Kier alpha value is -0.730. The third-order valence-corrected chi connectivity index (χ3v) is 6.30. The first kappa shape index (κ1) is 14.7. The van der Waals surface area contributed by atoms with Gasteiger partial charge in [-0.1, -0.05) is 6.07 Å². The SMILES string of the molecule is CN(C)[C@H](CNS(=O)(=O)c1cccs1)c1ccsc1. The summed E-state index contributed by atoms with van der Waals surface area (Å²) in [6.07, 6.45) is 0. The lowest BCUT2D eigenvalue weighted by atomic mass is 10.1. The van der Waals surface area contributed by atoms with E-state index < -0.39 is 10.0 Å². The van der Waals surface area contributed by atoms with E-state index in [1.807, 2.05) is 35.8 Å². The van der Waals surface area contributed by atoms with Crippen LogP contribution in [0.15, 0.2) is 38.5 Å². The van der Waals surface area contributed by atoms with E-state index >= 15 is 0 Å². The Labute approximate surface area is 121 Å². The summed E-state index contributed by atoms with van der Waals surface area (Å²) < 4.78 is 27.2. The first-order valence-corrected chi connectivity index (χ1v) is 9.03. The molecule has 7 heteroatoms. The van der Waals surface area contributed by atoms with Crippen LogP contribution in [0.1, 0.15) is 11.6 Å². The number of nitrogens with one attached hydrogen (secondary N) is 1. The van der Waals surface area contributed by atoms with Gasteiger partial charge in [-0.05, 0) is 47.9 Å². The van der Waals surface area contributed by atoms with Gasteiger partial charge < -0.3 is 4.90 Å². The van der Waals surface area contributed by atoms with Crippen molar-refractivity contribution in [3.63, 3.8) is 0 Å². The van der Waals surface area contributed by atoms with Crippen LogP contribution < -0.4 is 4.72 Å². The summed E-state index contributed by atoms with van der Waals surface area (Å²) in [5.74, 6) is 0. The van der Waals surface area contributed by atoms with Gasteiger partial charge in [0.05, 0.1) is 0 Å². The number of likely N-dealkylation sites (N-methyl/N-ethyl adjacent to an activating group) is 1. The van der Waals surface area contributed by atoms with Crippen LogP contribution in [-0.2, 0) is 10.0 Å². The fourth-order valence-electron chi connectivity index (χ4n) is 1.74. The van der Waals surface area contributed by atoms with Gasteiger partial charge in [0.1, 0.15) is 4.21 Å². The second-order valence-corrected chi connectivity index (χ2v) is 8.04. The van der Waals surface area contributed by atoms with Crippen LogP contribution in [0.25, 0.3) is 0 Å². The molecule has 2 aromatic heterocycles. The molecule has 4 nitrogen and oxygen atoms in total. The summed E-state index contributed by atoms with van der Waals surface area (Å²) in [5, 5.41) is 5.81. The van der Waals surface area contributed by atoms with Crippen LogP contribution in [0.2, 0.25) is 0 Å². The third-order valence-electron chi connectivity index (χ3n) is 2.78. The molecule has 0 unspecified atom stereocenters. The van der Waals surface area contributed by atoms with Crippen LogP contribution in [0, 0.1) is 0 Å². The van der Waals surface area contributed by atoms with E-state index in [9.17, 15) is 8.42 Å². The van der Waals surface area contributed by atoms with Crippen molar-refractivity contribution in [2.45, 2.75) is 10.3 Å². The van der Waals surface area contributed by atoms with E-state index in [1.165, 1.54) is 11.3 Å². The highest BCUT2D eigenvalue weighted by molar-refractivity contribution is 7.91. The highest BCUT2D eigenvalue weighted by Gasteiger charge is 2.20. The zero-order chi connectivity index (χ0) is 13.9. The fraction of sp³-hybridized carbons (Fsp3) is 0.333. The van der Waals surface area contributed by atoms with Gasteiger partial charge in [-0.3, -0.25) is 0 Å². The summed E-state index contributed by atoms with van der Waals surface area (Å²) >= 11 is 2.84. The number of thiophene rings is 2. The molecule has 1 atom stereocenters. The first-order valence-electron chi connectivity index (χ1n) is 5.72. The van der Waals surface area contributed by atoms with Gasteiger partial charge in [0, 0.05) is 12.6 Å². The molecule has 2 heterocycles. The molecule has 0 fully saturated rings. The Morgan fingerprint density at radius 3 is 2.63 bits per heavy atom. The summed E-state index contributed by atoms with van der Waals surface area (Å²) in [7, 11) is 0.501. The molecule has 19 heavy (non-hydrogen) atoms. The maximum absolute atomic E-state index is 12.1. The Morgan fingerprint density at radius 2 is 2.11 bits per heavy atom.